The molecule has 1 fully saturated rings. The van der Waals surface area contributed by atoms with E-state index in [2.05, 4.69) is 6.92 Å². The SMILES string of the molecule is C[C@H](CCC(=O)O)CCC1CCCCC1. The van der Waals surface area contributed by atoms with E-state index in [1.807, 2.05) is 0 Å². The third kappa shape index (κ3) is 5.81. The minimum absolute atomic E-state index is 0.339. The maximum atomic E-state index is 10.4. The van der Waals surface area contributed by atoms with Crippen LogP contribution in [0.25, 0.3) is 0 Å². The second-order valence-electron chi connectivity index (χ2n) is 5.12. The summed E-state index contributed by atoms with van der Waals surface area (Å²) in [5, 5.41) is 8.58. The van der Waals surface area contributed by atoms with Crippen molar-refractivity contribution >= 4 is 5.97 Å². The molecule has 1 N–H and O–H groups in total. The molecule has 2 heteroatoms. The Balaban J connectivity index is 2.04. The number of hydrogen-bond donors (Lipinski definition) is 1. The van der Waals surface area contributed by atoms with Crippen LogP contribution in [0.4, 0.5) is 0 Å². The molecular weight excluding hydrogens is 188 g/mol. The first-order chi connectivity index (χ1) is 7.18. The van der Waals surface area contributed by atoms with Crippen molar-refractivity contribution in [2.24, 2.45) is 11.8 Å². The summed E-state index contributed by atoms with van der Waals surface area (Å²) in [6.07, 6.45) is 10.8. The monoisotopic (exact) mass is 212 g/mol. The molecule has 2 nitrogen and oxygen atoms in total. The van der Waals surface area contributed by atoms with Gasteiger partial charge in [0.05, 0.1) is 0 Å². The van der Waals surface area contributed by atoms with Crippen LogP contribution in [0.3, 0.4) is 0 Å². The lowest BCUT2D eigenvalue weighted by atomic mass is 9.84. The number of rotatable bonds is 6. The van der Waals surface area contributed by atoms with E-state index >= 15 is 0 Å². The van der Waals surface area contributed by atoms with Gasteiger partial charge in [-0.1, -0.05) is 51.9 Å². The predicted octanol–water partition coefficient (Wildman–Crippen LogP) is 3.85. The highest BCUT2D eigenvalue weighted by Crippen LogP contribution is 2.29. The van der Waals surface area contributed by atoms with Crippen molar-refractivity contribution in [3.05, 3.63) is 0 Å². The van der Waals surface area contributed by atoms with Crippen molar-refractivity contribution in [2.75, 3.05) is 0 Å². The highest BCUT2D eigenvalue weighted by molar-refractivity contribution is 5.66. The van der Waals surface area contributed by atoms with E-state index in [0.29, 0.717) is 12.3 Å². The van der Waals surface area contributed by atoms with E-state index in [1.165, 1.54) is 44.9 Å². The summed E-state index contributed by atoms with van der Waals surface area (Å²) in [6, 6.07) is 0. The molecule has 0 unspecified atom stereocenters. The van der Waals surface area contributed by atoms with E-state index < -0.39 is 5.97 Å². The zero-order valence-corrected chi connectivity index (χ0v) is 9.87. The van der Waals surface area contributed by atoms with Gasteiger partial charge in [0.2, 0.25) is 0 Å². The lowest BCUT2D eigenvalue weighted by Gasteiger charge is -2.22. The van der Waals surface area contributed by atoms with Gasteiger partial charge in [0.1, 0.15) is 0 Å². The Morgan fingerprint density at radius 3 is 2.53 bits per heavy atom. The van der Waals surface area contributed by atoms with Gasteiger partial charge < -0.3 is 5.11 Å². The van der Waals surface area contributed by atoms with Gasteiger partial charge in [0.25, 0.3) is 0 Å². The molecular formula is C13H24O2. The van der Waals surface area contributed by atoms with E-state index in [9.17, 15) is 4.79 Å². The Morgan fingerprint density at radius 1 is 1.27 bits per heavy atom. The number of aliphatic carboxylic acids is 1. The van der Waals surface area contributed by atoms with Gasteiger partial charge in [-0.3, -0.25) is 4.79 Å². The quantitative estimate of drug-likeness (QED) is 0.726. The summed E-state index contributed by atoms with van der Waals surface area (Å²) in [7, 11) is 0. The van der Waals surface area contributed by atoms with Gasteiger partial charge >= 0.3 is 5.97 Å². The second kappa shape index (κ2) is 6.86. The standard InChI is InChI=1S/C13H24O2/c1-11(8-10-13(14)15)7-9-12-5-3-2-4-6-12/h11-12H,2-10H2,1H3,(H,14,15)/t11-/m0/s1. The lowest BCUT2D eigenvalue weighted by Crippen LogP contribution is -2.08. The summed E-state index contributed by atoms with van der Waals surface area (Å²) < 4.78 is 0. The molecule has 0 radical (unpaired) electrons. The molecule has 0 amide bonds. The van der Waals surface area contributed by atoms with Crippen LogP contribution in [0.15, 0.2) is 0 Å². The molecule has 88 valence electrons. The molecule has 0 saturated heterocycles. The van der Waals surface area contributed by atoms with Crippen LogP contribution < -0.4 is 0 Å². The first kappa shape index (κ1) is 12.5. The number of hydrogen-bond acceptors (Lipinski definition) is 1. The van der Waals surface area contributed by atoms with Crippen molar-refractivity contribution in [2.45, 2.75) is 64.7 Å². The van der Waals surface area contributed by atoms with E-state index in [0.717, 1.165) is 12.3 Å². The largest absolute Gasteiger partial charge is 0.481 e. The van der Waals surface area contributed by atoms with Gasteiger partial charge in [0, 0.05) is 6.42 Å². The fraction of sp³-hybridized carbons (Fsp3) is 0.923. The van der Waals surface area contributed by atoms with Gasteiger partial charge in [-0.15, -0.1) is 0 Å². The zero-order chi connectivity index (χ0) is 11.1. The van der Waals surface area contributed by atoms with Gasteiger partial charge in [-0.2, -0.15) is 0 Å². The molecule has 1 aliphatic carbocycles. The fourth-order valence-corrected chi connectivity index (χ4v) is 2.51. The Kier molecular flexibility index (Phi) is 5.74. The van der Waals surface area contributed by atoms with Gasteiger partial charge in [-0.05, 0) is 18.3 Å². The minimum atomic E-state index is -0.653. The Bertz CT molecular complexity index is 183. The van der Waals surface area contributed by atoms with E-state index in [4.69, 9.17) is 5.11 Å². The van der Waals surface area contributed by atoms with Crippen molar-refractivity contribution in [3.63, 3.8) is 0 Å². The fourth-order valence-electron chi connectivity index (χ4n) is 2.51. The van der Waals surface area contributed by atoms with Crippen LogP contribution >= 0.6 is 0 Å². The smallest absolute Gasteiger partial charge is 0.303 e. The van der Waals surface area contributed by atoms with Gasteiger partial charge in [0.15, 0.2) is 0 Å². The maximum Gasteiger partial charge on any atom is 0.303 e. The van der Waals surface area contributed by atoms with E-state index in [-0.39, 0.29) is 0 Å². The molecule has 1 atom stereocenters. The molecule has 1 saturated carbocycles. The predicted molar refractivity (Wildman–Crippen MR) is 61.8 cm³/mol. The molecule has 15 heavy (non-hydrogen) atoms. The van der Waals surface area contributed by atoms with Crippen LogP contribution in [-0.4, -0.2) is 11.1 Å². The summed E-state index contributed by atoms with van der Waals surface area (Å²) in [5.74, 6) is 0.869. The van der Waals surface area contributed by atoms with Crippen molar-refractivity contribution in [3.8, 4) is 0 Å². The molecule has 0 aromatic heterocycles. The molecule has 0 spiro atoms. The average molecular weight is 212 g/mol. The summed E-state index contributed by atoms with van der Waals surface area (Å²) >= 11 is 0. The highest BCUT2D eigenvalue weighted by atomic mass is 16.4. The summed E-state index contributed by atoms with van der Waals surface area (Å²) in [5.41, 5.74) is 0. The molecule has 0 aliphatic heterocycles. The Hall–Kier alpha value is -0.530. The Labute approximate surface area is 93.1 Å². The van der Waals surface area contributed by atoms with Gasteiger partial charge in [-0.25, -0.2) is 0 Å². The molecule has 1 aliphatic rings. The zero-order valence-electron chi connectivity index (χ0n) is 9.87. The van der Waals surface area contributed by atoms with Crippen LogP contribution in [0.1, 0.15) is 64.7 Å². The summed E-state index contributed by atoms with van der Waals surface area (Å²) in [4.78, 5) is 10.4. The molecule has 0 bridgehead atoms. The molecule has 0 aromatic rings. The van der Waals surface area contributed by atoms with Crippen LogP contribution in [0.2, 0.25) is 0 Å². The van der Waals surface area contributed by atoms with E-state index in [1.54, 1.807) is 0 Å². The van der Waals surface area contributed by atoms with Crippen LogP contribution in [-0.2, 0) is 4.79 Å². The average Bonchev–Trinajstić information content (AvgIpc) is 2.25. The first-order valence-corrected chi connectivity index (χ1v) is 6.40. The third-order valence-corrected chi connectivity index (χ3v) is 3.64. The first-order valence-electron chi connectivity index (χ1n) is 6.40. The highest BCUT2D eigenvalue weighted by Gasteiger charge is 2.14. The molecule has 0 heterocycles. The lowest BCUT2D eigenvalue weighted by molar-refractivity contribution is -0.137. The third-order valence-electron chi connectivity index (χ3n) is 3.64. The second-order valence-corrected chi connectivity index (χ2v) is 5.12. The van der Waals surface area contributed by atoms with Crippen molar-refractivity contribution < 1.29 is 9.90 Å². The maximum absolute atomic E-state index is 10.4. The minimum Gasteiger partial charge on any atom is -0.481 e. The van der Waals surface area contributed by atoms with Crippen molar-refractivity contribution in [1.29, 1.82) is 0 Å². The normalized spacial score (nSPS) is 20.1. The molecule has 0 aromatic carbocycles. The number of carboxylic acid groups (broad SMARTS) is 1. The summed E-state index contributed by atoms with van der Waals surface area (Å²) in [6.45, 7) is 2.19. The Morgan fingerprint density at radius 2 is 1.93 bits per heavy atom. The topological polar surface area (TPSA) is 37.3 Å². The molecule has 1 rings (SSSR count). The number of carboxylic acids is 1. The van der Waals surface area contributed by atoms with Crippen molar-refractivity contribution in [1.82, 2.24) is 0 Å². The van der Waals surface area contributed by atoms with Crippen LogP contribution in [0, 0.1) is 11.8 Å². The van der Waals surface area contributed by atoms with Crippen LogP contribution in [0.5, 0.6) is 0 Å². The number of carbonyl (C=O) groups is 1.